The molecule has 0 spiro atoms. The first kappa shape index (κ1) is 14.4. The van der Waals surface area contributed by atoms with Crippen LogP contribution < -0.4 is 5.32 Å². The molecule has 1 aromatic heterocycles. The fourth-order valence-corrected chi connectivity index (χ4v) is 5.34. The first-order chi connectivity index (χ1) is 9.59. The van der Waals surface area contributed by atoms with Gasteiger partial charge in [0.1, 0.15) is 0 Å². The van der Waals surface area contributed by atoms with Crippen LogP contribution in [-0.4, -0.2) is 53.1 Å². The smallest absolute Gasteiger partial charge is 0.260 e. The number of hydrogen-bond acceptors (Lipinski definition) is 5. The van der Waals surface area contributed by atoms with Crippen LogP contribution in [0.1, 0.15) is 25.3 Å². The Bertz CT molecular complexity index is 568. The largest absolute Gasteiger partial charge is 0.310 e. The molecule has 1 aliphatic carbocycles. The number of H-pyrrole nitrogens is 1. The van der Waals surface area contributed by atoms with Gasteiger partial charge in [-0.15, -0.1) is 0 Å². The Labute approximate surface area is 123 Å². The zero-order valence-corrected chi connectivity index (χ0v) is 13.1. The van der Waals surface area contributed by atoms with Crippen LogP contribution in [0.5, 0.6) is 0 Å². The van der Waals surface area contributed by atoms with E-state index in [1.54, 1.807) is 22.3 Å². The van der Waals surface area contributed by atoms with Gasteiger partial charge in [0.15, 0.2) is 5.03 Å². The lowest BCUT2D eigenvalue weighted by Gasteiger charge is -2.31. The minimum atomic E-state index is -3.46. The van der Waals surface area contributed by atoms with Crippen molar-refractivity contribution in [2.75, 3.05) is 18.1 Å². The van der Waals surface area contributed by atoms with Crippen molar-refractivity contribution in [1.29, 1.82) is 0 Å². The van der Waals surface area contributed by atoms with Crippen LogP contribution in [0.2, 0.25) is 0 Å². The molecule has 0 radical (unpaired) electrons. The van der Waals surface area contributed by atoms with E-state index in [1.807, 2.05) is 6.92 Å². The van der Waals surface area contributed by atoms with Gasteiger partial charge in [-0.05, 0) is 19.8 Å². The second kappa shape index (κ2) is 5.67. The van der Waals surface area contributed by atoms with Gasteiger partial charge in [0.25, 0.3) is 10.0 Å². The summed E-state index contributed by atoms with van der Waals surface area (Å²) >= 11 is 1.80. The molecule has 0 amide bonds. The summed E-state index contributed by atoms with van der Waals surface area (Å²) in [7, 11) is -3.46. The molecule has 1 saturated carbocycles. The number of nitrogens with one attached hydrogen (secondary N) is 2. The maximum absolute atomic E-state index is 12.8. The fourth-order valence-electron chi connectivity index (χ4n) is 2.38. The zero-order valence-electron chi connectivity index (χ0n) is 11.5. The topological polar surface area (TPSA) is 78.1 Å². The molecule has 2 heterocycles. The molecule has 1 aromatic rings. The molecule has 6 nitrogen and oxygen atoms in total. The quantitative estimate of drug-likeness (QED) is 0.840. The summed E-state index contributed by atoms with van der Waals surface area (Å²) in [6.07, 6.45) is 3.98. The maximum Gasteiger partial charge on any atom is 0.260 e. The molecule has 1 atom stereocenters. The number of rotatable bonds is 5. The molecular weight excluding hydrogens is 296 g/mol. The van der Waals surface area contributed by atoms with Crippen LogP contribution in [0.3, 0.4) is 0 Å². The number of hydrogen-bond donors (Lipinski definition) is 2. The third-order valence-electron chi connectivity index (χ3n) is 3.71. The number of nitrogens with zero attached hydrogens (tertiary/aromatic N) is 2. The SMILES string of the molecule is CC1CSCCN1S(=O)(=O)c1[nH]ncc1CNC1CC1. The van der Waals surface area contributed by atoms with Gasteiger partial charge < -0.3 is 5.32 Å². The lowest BCUT2D eigenvalue weighted by atomic mass is 10.3. The van der Waals surface area contributed by atoms with Gasteiger partial charge in [-0.1, -0.05) is 0 Å². The molecule has 0 aromatic carbocycles. The molecule has 2 fully saturated rings. The van der Waals surface area contributed by atoms with E-state index in [9.17, 15) is 8.42 Å². The highest BCUT2D eigenvalue weighted by atomic mass is 32.2. The molecule has 3 rings (SSSR count). The molecule has 0 bridgehead atoms. The zero-order chi connectivity index (χ0) is 14.2. The predicted octanol–water partition coefficient (Wildman–Crippen LogP) is 0.788. The van der Waals surface area contributed by atoms with E-state index in [0.29, 0.717) is 19.1 Å². The molecule has 2 aliphatic rings. The Morgan fingerprint density at radius 2 is 2.35 bits per heavy atom. The van der Waals surface area contributed by atoms with E-state index in [2.05, 4.69) is 15.5 Å². The highest BCUT2D eigenvalue weighted by Gasteiger charge is 2.34. The van der Waals surface area contributed by atoms with Crippen molar-refractivity contribution >= 4 is 21.8 Å². The van der Waals surface area contributed by atoms with Crippen molar-refractivity contribution in [3.63, 3.8) is 0 Å². The standard InChI is InChI=1S/C12H20N4O2S2/c1-9-8-19-5-4-16(9)20(17,18)12-10(7-14-15-12)6-13-11-2-3-11/h7,9,11,13H,2-6,8H2,1H3,(H,14,15). The van der Waals surface area contributed by atoms with Crippen molar-refractivity contribution in [1.82, 2.24) is 19.8 Å². The summed E-state index contributed by atoms with van der Waals surface area (Å²) in [6.45, 7) is 3.09. The average molecular weight is 316 g/mol. The normalized spacial score (nSPS) is 24.9. The molecular formula is C12H20N4O2S2. The number of sulfonamides is 1. The lowest BCUT2D eigenvalue weighted by molar-refractivity contribution is 0.365. The van der Waals surface area contributed by atoms with E-state index >= 15 is 0 Å². The van der Waals surface area contributed by atoms with E-state index in [0.717, 1.165) is 17.1 Å². The minimum Gasteiger partial charge on any atom is -0.310 e. The van der Waals surface area contributed by atoms with E-state index in [4.69, 9.17) is 0 Å². The summed E-state index contributed by atoms with van der Waals surface area (Å²) in [6, 6.07) is 0.581. The second-order valence-electron chi connectivity index (χ2n) is 5.42. The van der Waals surface area contributed by atoms with Crippen molar-refractivity contribution < 1.29 is 8.42 Å². The van der Waals surface area contributed by atoms with Crippen molar-refractivity contribution in [2.45, 2.75) is 43.4 Å². The van der Waals surface area contributed by atoms with E-state index in [1.165, 1.54) is 12.8 Å². The van der Waals surface area contributed by atoms with Gasteiger partial charge in [-0.2, -0.15) is 21.2 Å². The second-order valence-corrected chi connectivity index (χ2v) is 8.40. The Balaban J connectivity index is 1.80. The number of aromatic amines is 1. The Kier molecular flexibility index (Phi) is 4.07. The predicted molar refractivity (Wildman–Crippen MR) is 79.1 cm³/mol. The summed E-state index contributed by atoms with van der Waals surface area (Å²) in [5.74, 6) is 1.70. The maximum atomic E-state index is 12.8. The van der Waals surface area contributed by atoms with Crippen LogP contribution in [0, 0.1) is 0 Å². The molecule has 1 saturated heterocycles. The van der Waals surface area contributed by atoms with Crippen LogP contribution in [-0.2, 0) is 16.6 Å². The van der Waals surface area contributed by atoms with Crippen LogP contribution in [0.4, 0.5) is 0 Å². The van der Waals surface area contributed by atoms with E-state index in [-0.39, 0.29) is 11.1 Å². The summed E-state index contributed by atoms with van der Waals surface area (Å²) < 4.78 is 27.1. The van der Waals surface area contributed by atoms with Gasteiger partial charge in [-0.3, -0.25) is 5.10 Å². The average Bonchev–Trinajstić information content (AvgIpc) is 3.12. The van der Waals surface area contributed by atoms with E-state index < -0.39 is 10.0 Å². The summed E-state index contributed by atoms with van der Waals surface area (Å²) in [4.78, 5) is 0. The summed E-state index contributed by atoms with van der Waals surface area (Å²) in [5, 5.41) is 10.2. The van der Waals surface area contributed by atoms with Gasteiger partial charge >= 0.3 is 0 Å². The molecule has 8 heteroatoms. The van der Waals surface area contributed by atoms with Crippen LogP contribution >= 0.6 is 11.8 Å². The van der Waals surface area contributed by atoms with Crippen molar-refractivity contribution in [2.24, 2.45) is 0 Å². The van der Waals surface area contributed by atoms with Crippen LogP contribution in [0.15, 0.2) is 11.2 Å². The van der Waals surface area contributed by atoms with Gasteiger partial charge in [0.05, 0.1) is 6.20 Å². The molecule has 1 unspecified atom stereocenters. The van der Waals surface area contributed by atoms with Crippen molar-refractivity contribution in [3.05, 3.63) is 11.8 Å². The van der Waals surface area contributed by atoms with Gasteiger partial charge in [0, 0.05) is 42.2 Å². The Hall–Kier alpha value is -0.570. The summed E-state index contributed by atoms with van der Waals surface area (Å²) in [5.41, 5.74) is 0.738. The van der Waals surface area contributed by atoms with Crippen molar-refractivity contribution in [3.8, 4) is 0 Å². The highest BCUT2D eigenvalue weighted by Crippen LogP contribution is 2.26. The first-order valence-corrected chi connectivity index (χ1v) is 9.53. The molecule has 1 aliphatic heterocycles. The number of thioether (sulfide) groups is 1. The molecule has 20 heavy (non-hydrogen) atoms. The third-order valence-corrected chi connectivity index (χ3v) is 6.93. The first-order valence-electron chi connectivity index (χ1n) is 6.94. The number of aromatic nitrogens is 2. The van der Waals surface area contributed by atoms with Gasteiger partial charge in [-0.25, -0.2) is 8.42 Å². The minimum absolute atomic E-state index is 0.0336. The van der Waals surface area contributed by atoms with Crippen LogP contribution in [0.25, 0.3) is 0 Å². The fraction of sp³-hybridized carbons (Fsp3) is 0.750. The molecule has 2 N–H and O–H groups in total. The third kappa shape index (κ3) is 2.88. The lowest BCUT2D eigenvalue weighted by Crippen LogP contribution is -2.44. The highest BCUT2D eigenvalue weighted by molar-refractivity contribution is 7.99. The Morgan fingerprint density at radius 1 is 1.55 bits per heavy atom. The monoisotopic (exact) mass is 316 g/mol. The van der Waals surface area contributed by atoms with Gasteiger partial charge in [0.2, 0.25) is 0 Å². The molecule has 112 valence electrons. The Morgan fingerprint density at radius 3 is 3.05 bits per heavy atom.